The van der Waals surface area contributed by atoms with Crippen LogP contribution in [0.2, 0.25) is 5.15 Å². The van der Waals surface area contributed by atoms with E-state index < -0.39 is 6.67 Å². The van der Waals surface area contributed by atoms with E-state index in [9.17, 15) is 4.39 Å². The summed E-state index contributed by atoms with van der Waals surface area (Å²) in [7, 11) is 0. The third kappa shape index (κ3) is 2.43. The normalized spacial score (nSPS) is 12.9. The van der Waals surface area contributed by atoms with Crippen LogP contribution in [-0.2, 0) is 0 Å². The maximum atomic E-state index is 11.9. The van der Waals surface area contributed by atoms with Crippen LogP contribution in [0, 0.1) is 0 Å². The predicted octanol–water partition coefficient (Wildman–Crippen LogP) is 2.09. The van der Waals surface area contributed by atoms with Crippen molar-refractivity contribution in [3.8, 4) is 0 Å². The van der Waals surface area contributed by atoms with E-state index in [-0.39, 0.29) is 6.04 Å². The maximum Gasteiger partial charge on any atom is 0.129 e. The van der Waals surface area contributed by atoms with Crippen LogP contribution in [0.5, 0.6) is 0 Å². The number of rotatable bonds is 3. The highest BCUT2D eigenvalue weighted by Crippen LogP contribution is 2.14. The molecule has 1 aromatic rings. The Morgan fingerprint density at radius 3 is 2.83 bits per heavy atom. The summed E-state index contributed by atoms with van der Waals surface area (Å²) >= 11 is 5.57. The van der Waals surface area contributed by atoms with Crippen LogP contribution >= 0.6 is 11.6 Å². The van der Waals surface area contributed by atoms with Gasteiger partial charge in [0.1, 0.15) is 5.15 Å². The maximum absolute atomic E-state index is 11.9. The van der Waals surface area contributed by atoms with Crippen LogP contribution in [-0.4, -0.2) is 11.7 Å². The molecule has 2 N–H and O–H groups in total. The number of hydrogen-bond acceptors (Lipinski definition) is 2. The zero-order valence-electron chi connectivity index (χ0n) is 6.50. The lowest BCUT2D eigenvalue weighted by Gasteiger charge is -2.08. The highest BCUT2D eigenvalue weighted by molar-refractivity contribution is 6.29. The van der Waals surface area contributed by atoms with E-state index in [1.165, 1.54) is 0 Å². The summed E-state index contributed by atoms with van der Waals surface area (Å²) in [6, 6.07) is 3.13. The first-order valence-electron chi connectivity index (χ1n) is 3.67. The lowest BCUT2D eigenvalue weighted by molar-refractivity contribution is 0.441. The summed E-state index contributed by atoms with van der Waals surface area (Å²) in [6.45, 7) is -0.413. The van der Waals surface area contributed by atoms with Crippen molar-refractivity contribution in [2.75, 3.05) is 6.67 Å². The van der Waals surface area contributed by atoms with E-state index in [2.05, 4.69) is 4.98 Å². The topological polar surface area (TPSA) is 38.9 Å². The number of hydrogen-bond donors (Lipinski definition) is 1. The first kappa shape index (κ1) is 9.42. The molecular weight excluding hydrogens is 179 g/mol. The second kappa shape index (κ2) is 4.38. The molecule has 1 atom stereocenters. The SMILES string of the molecule is N[C@H](CCF)c1ccc(Cl)nc1. The van der Waals surface area contributed by atoms with E-state index in [1.54, 1.807) is 18.3 Å². The lowest BCUT2D eigenvalue weighted by Crippen LogP contribution is -2.10. The Bertz CT molecular complexity index is 237. The van der Waals surface area contributed by atoms with Gasteiger partial charge in [-0.1, -0.05) is 17.7 Å². The first-order valence-corrected chi connectivity index (χ1v) is 4.05. The molecule has 0 bridgehead atoms. The Hall–Kier alpha value is -0.670. The Morgan fingerprint density at radius 1 is 1.58 bits per heavy atom. The molecule has 66 valence electrons. The van der Waals surface area contributed by atoms with E-state index in [4.69, 9.17) is 17.3 Å². The van der Waals surface area contributed by atoms with Gasteiger partial charge >= 0.3 is 0 Å². The number of nitrogens with zero attached hydrogens (tertiary/aromatic N) is 1. The largest absolute Gasteiger partial charge is 0.324 e. The van der Waals surface area contributed by atoms with E-state index in [0.29, 0.717) is 11.6 Å². The summed E-state index contributed by atoms with van der Waals surface area (Å²) < 4.78 is 11.9. The monoisotopic (exact) mass is 188 g/mol. The quantitative estimate of drug-likeness (QED) is 0.738. The summed E-state index contributed by atoms with van der Waals surface area (Å²) in [5.41, 5.74) is 6.45. The Morgan fingerprint density at radius 2 is 2.33 bits per heavy atom. The van der Waals surface area contributed by atoms with Crippen molar-refractivity contribution < 1.29 is 4.39 Å². The van der Waals surface area contributed by atoms with Gasteiger partial charge in [0, 0.05) is 12.2 Å². The minimum absolute atomic E-state index is 0.278. The third-order valence-corrected chi connectivity index (χ3v) is 1.82. The van der Waals surface area contributed by atoms with Gasteiger partial charge in [0.15, 0.2) is 0 Å². The van der Waals surface area contributed by atoms with Crippen molar-refractivity contribution in [1.29, 1.82) is 0 Å². The summed E-state index contributed by atoms with van der Waals surface area (Å²) in [4.78, 5) is 3.85. The van der Waals surface area contributed by atoms with Crippen molar-refractivity contribution in [1.82, 2.24) is 4.98 Å². The average molecular weight is 189 g/mol. The van der Waals surface area contributed by atoms with Crippen LogP contribution in [0.25, 0.3) is 0 Å². The number of aromatic nitrogens is 1. The second-order valence-corrected chi connectivity index (χ2v) is 2.89. The standard InChI is InChI=1S/C8H10ClFN2/c9-8-2-1-6(5-12-8)7(11)3-4-10/h1-2,5,7H,3-4,11H2/t7-/m1/s1. The van der Waals surface area contributed by atoms with Gasteiger partial charge in [-0.25, -0.2) is 4.98 Å². The molecule has 0 spiro atoms. The zero-order valence-corrected chi connectivity index (χ0v) is 7.26. The summed E-state index contributed by atoms with van der Waals surface area (Å²) in [5.74, 6) is 0. The molecule has 0 aliphatic heterocycles. The molecule has 0 saturated heterocycles. The highest BCUT2D eigenvalue weighted by atomic mass is 35.5. The van der Waals surface area contributed by atoms with Gasteiger partial charge in [0.2, 0.25) is 0 Å². The van der Waals surface area contributed by atoms with E-state index >= 15 is 0 Å². The van der Waals surface area contributed by atoms with Crippen molar-refractivity contribution in [3.63, 3.8) is 0 Å². The molecule has 1 heterocycles. The van der Waals surface area contributed by atoms with Crippen molar-refractivity contribution in [2.24, 2.45) is 5.73 Å². The Kier molecular flexibility index (Phi) is 3.44. The molecule has 0 fully saturated rings. The number of alkyl halides is 1. The number of halogens is 2. The van der Waals surface area contributed by atoms with Crippen LogP contribution < -0.4 is 5.73 Å². The van der Waals surface area contributed by atoms with Gasteiger partial charge in [-0.15, -0.1) is 0 Å². The molecular formula is C8H10ClFN2. The molecule has 0 aromatic carbocycles. The average Bonchev–Trinajstić information content (AvgIpc) is 2.06. The third-order valence-electron chi connectivity index (χ3n) is 1.60. The van der Waals surface area contributed by atoms with E-state index in [1.807, 2.05) is 0 Å². The van der Waals surface area contributed by atoms with Crippen LogP contribution in [0.1, 0.15) is 18.0 Å². The molecule has 0 aliphatic rings. The zero-order chi connectivity index (χ0) is 8.97. The first-order chi connectivity index (χ1) is 5.74. The minimum Gasteiger partial charge on any atom is -0.324 e. The van der Waals surface area contributed by atoms with Gasteiger partial charge < -0.3 is 5.73 Å². The smallest absolute Gasteiger partial charge is 0.129 e. The molecule has 0 aliphatic carbocycles. The number of pyridine rings is 1. The van der Waals surface area contributed by atoms with E-state index in [0.717, 1.165) is 5.56 Å². The van der Waals surface area contributed by atoms with Gasteiger partial charge in [0.05, 0.1) is 6.67 Å². The highest BCUT2D eigenvalue weighted by Gasteiger charge is 2.04. The Balaban J connectivity index is 2.68. The summed E-state index contributed by atoms with van der Waals surface area (Å²) in [6.07, 6.45) is 1.89. The van der Waals surface area contributed by atoms with Gasteiger partial charge in [-0.2, -0.15) is 0 Å². The van der Waals surface area contributed by atoms with Crippen LogP contribution in [0.15, 0.2) is 18.3 Å². The molecule has 1 rings (SSSR count). The molecule has 2 nitrogen and oxygen atoms in total. The fourth-order valence-corrected chi connectivity index (χ4v) is 1.00. The van der Waals surface area contributed by atoms with Crippen LogP contribution in [0.4, 0.5) is 4.39 Å². The van der Waals surface area contributed by atoms with Crippen molar-refractivity contribution in [3.05, 3.63) is 29.0 Å². The fraction of sp³-hybridized carbons (Fsp3) is 0.375. The fourth-order valence-electron chi connectivity index (χ4n) is 0.891. The lowest BCUT2D eigenvalue weighted by atomic mass is 10.1. The molecule has 0 saturated carbocycles. The summed E-state index contributed by atoms with van der Waals surface area (Å²) in [5, 5.41) is 0.422. The molecule has 12 heavy (non-hydrogen) atoms. The Labute approximate surface area is 75.6 Å². The van der Waals surface area contributed by atoms with Crippen LogP contribution in [0.3, 0.4) is 0 Å². The number of nitrogens with two attached hydrogens (primary N) is 1. The minimum atomic E-state index is -0.413. The molecule has 4 heteroatoms. The second-order valence-electron chi connectivity index (χ2n) is 2.50. The van der Waals surface area contributed by atoms with Gasteiger partial charge in [-0.05, 0) is 18.1 Å². The molecule has 1 aromatic heterocycles. The molecule has 0 radical (unpaired) electrons. The van der Waals surface area contributed by atoms with Crippen molar-refractivity contribution >= 4 is 11.6 Å². The van der Waals surface area contributed by atoms with Crippen molar-refractivity contribution in [2.45, 2.75) is 12.5 Å². The molecule has 0 amide bonds. The molecule has 0 unspecified atom stereocenters. The van der Waals surface area contributed by atoms with Gasteiger partial charge in [-0.3, -0.25) is 4.39 Å². The van der Waals surface area contributed by atoms with Gasteiger partial charge in [0.25, 0.3) is 0 Å². The predicted molar refractivity (Wildman–Crippen MR) is 46.8 cm³/mol.